The molecule has 0 saturated carbocycles. The number of carbonyl (C=O) groups is 2. The van der Waals surface area contributed by atoms with Crippen LogP contribution in [0.3, 0.4) is 0 Å². The van der Waals surface area contributed by atoms with Gasteiger partial charge in [0, 0.05) is 31.0 Å². The third-order valence-electron chi connectivity index (χ3n) is 8.97. The normalized spacial score (nSPS) is 38.0. The number of nitrogens with two attached hydrogens (primary N) is 1. The van der Waals surface area contributed by atoms with E-state index in [2.05, 4.69) is 39.9 Å². The Balaban J connectivity index is 3.57. The lowest BCUT2D eigenvalue weighted by molar-refractivity contribution is -0.190. The first-order valence-electron chi connectivity index (χ1n) is 15.2. The summed E-state index contributed by atoms with van der Waals surface area (Å²) in [6, 6.07) is -0.411. The van der Waals surface area contributed by atoms with Crippen LogP contribution in [0.15, 0.2) is 0 Å². The minimum absolute atomic E-state index is 0.148. The Morgan fingerprint density at radius 2 is 1.75 bits per heavy atom. The molecule has 1 heterocycles. The molecule has 236 valence electrons. The summed E-state index contributed by atoms with van der Waals surface area (Å²) < 4.78 is 12.5. The van der Waals surface area contributed by atoms with Crippen molar-refractivity contribution in [1.29, 1.82) is 0 Å². The van der Waals surface area contributed by atoms with Crippen LogP contribution in [0.2, 0.25) is 0 Å². The number of cyclic esters (lactones) is 1. The maximum Gasteiger partial charge on any atom is 0.316 e. The molecule has 0 aromatic rings. The Morgan fingerprint density at radius 1 is 1.15 bits per heavy atom. The number of Topliss-reactive ketones (excluding diaryl/α,β-unsaturated/α-hetero) is 1. The Morgan fingerprint density at radius 3 is 2.27 bits per heavy atom. The van der Waals surface area contributed by atoms with E-state index in [0.717, 1.165) is 13.0 Å². The summed E-state index contributed by atoms with van der Waals surface area (Å²) in [6.45, 7) is 22.5. The number of carbonyl (C=O) groups excluding carboxylic acids is 2. The fraction of sp³-hybridized carbons (Fsp3) is 0.935. The maximum absolute atomic E-state index is 13.9. The molecule has 1 unspecified atom stereocenters. The molecule has 0 amide bonds. The number of esters is 1. The van der Waals surface area contributed by atoms with E-state index in [4.69, 9.17) is 15.2 Å². The second kappa shape index (κ2) is 15.4. The number of likely N-dealkylation sites (N-methyl/N-ethyl adjacent to an activating group) is 1. The van der Waals surface area contributed by atoms with Gasteiger partial charge in [0.25, 0.3) is 0 Å². The van der Waals surface area contributed by atoms with E-state index in [0.29, 0.717) is 39.1 Å². The molecule has 0 bridgehead atoms. The first kappa shape index (κ1) is 36.9. The molecular formula is C31H61N3O6. The number of aliphatic hydroxyl groups is 2. The van der Waals surface area contributed by atoms with Gasteiger partial charge in [-0.1, -0.05) is 41.5 Å². The molecule has 0 aliphatic carbocycles. The summed E-state index contributed by atoms with van der Waals surface area (Å²) in [7, 11) is 1.93. The van der Waals surface area contributed by atoms with Crippen LogP contribution >= 0.6 is 0 Å². The van der Waals surface area contributed by atoms with Gasteiger partial charge in [0.15, 0.2) is 0 Å². The van der Waals surface area contributed by atoms with E-state index in [1.54, 1.807) is 13.8 Å². The number of hydrogen-bond acceptors (Lipinski definition) is 9. The molecule has 9 heteroatoms. The van der Waals surface area contributed by atoms with Gasteiger partial charge < -0.3 is 35.6 Å². The molecule has 9 nitrogen and oxygen atoms in total. The van der Waals surface area contributed by atoms with Crippen LogP contribution in [0.1, 0.15) is 88.5 Å². The lowest BCUT2D eigenvalue weighted by Crippen LogP contribution is -2.59. The fourth-order valence-corrected chi connectivity index (χ4v) is 7.05. The molecule has 1 fully saturated rings. The summed E-state index contributed by atoms with van der Waals surface area (Å²) in [5, 5.41) is 26.0. The highest BCUT2D eigenvalue weighted by molar-refractivity contribution is 5.99. The summed E-state index contributed by atoms with van der Waals surface area (Å²) in [5.74, 6) is -2.44. The molecular weight excluding hydrogens is 510 g/mol. The fourth-order valence-electron chi connectivity index (χ4n) is 7.05. The average Bonchev–Trinajstić information content (AvgIpc) is 2.85. The van der Waals surface area contributed by atoms with E-state index in [1.807, 2.05) is 25.8 Å². The summed E-state index contributed by atoms with van der Waals surface area (Å²) in [4.78, 5) is 29.2. The highest BCUT2D eigenvalue weighted by Crippen LogP contribution is 2.46. The van der Waals surface area contributed by atoms with E-state index in [-0.39, 0.29) is 23.0 Å². The number of nitrogens with one attached hydrogen (secondary N) is 1. The topological polar surface area (TPSA) is 134 Å². The standard InChI is InChI=1S/C31H61N3O6/c1-12-24-31(10,38)27(36)23(5)34(11)19-20(2)18-30(9,39-17-16-33-15-13-14-32)26(29(6,7)8)21(3)25(35)22(4)28(37)40-24/h20-24,26-27,33,36,38H,12-19,32H2,1-11H3/t20-,21?,22-,23-,24-,26+,27-,30-,31-/m1/s1. The molecule has 9 atom stereocenters. The van der Waals surface area contributed by atoms with Gasteiger partial charge in [-0.2, -0.15) is 0 Å². The monoisotopic (exact) mass is 571 g/mol. The van der Waals surface area contributed by atoms with Crippen molar-refractivity contribution in [2.24, 2.45) is 34.8 Å². The maximum atomic E-state index is 13.9. The quantitative estimate of drug-likeness (QED) is 0.197. The minimum atomic E-state index is -1.70. The number of aliphatic hydroxyl groups excluding tert-OH is 1. The van der Waals surface area contributed by atoms with Crippen LogP contribution in [-0.2, 0) is 19.1 Å². The van der Waals surface area contributed by atoms with Gasteiger partial charge in [-0.15, -0.1) is 0 Å². The molecule has 40 heavy (non-hydrogen) atoms. The molecule has 0 aromatic carbocycles. The van der Waals surface area contributed by atoms with Crippen molar-refractivity contribution in [3.8, 4) is 0 Å². The second-order valence-corrected chi connectivity index (χ2v) is 13.8. The van der Waals surface area contributed by atoms with Crippen molar-refractivity contribution < 1.29 is 29.3 Å². The minimum Gasteiger partial charge on any atom is -0.459 e. The van der Waals surface area contributed by atoms with Crippen molar-refractivity contribution in [3.63, 3.8) is 0 Å². The Bertz CT molecular complexity index is 800. The van der Waals surface area contributed by atoms with E-state index in [1.165, 1.54) is 6.92 Å². The molecule has 1 rings (SSSR count). The number of ether oxygens (including phenoxy) is 2. The molecule has 5 N–H and O–H groups in total. The van der Waals surface area contributed by atoms with Crippen molar-refractivity contribution in [1.82, 2.24) is 10.2 Å². The van der Waals surface area contributed by atoms with Crippen LogP contribution in [0, 0.1) is 29.1 Å². The highest BCUT2D eigenvalue weighted by Gasteiger charge is 2.50. The highest BCUT2D eigenvalue weighted by atomic mass is 16.6. The molecule has 0 radical (unpaired) electrons. The average molecular weight is 572 g/mol. The first-order valence-corrected chi connectivity index (χ1v) is 15.2. The molecule has 1 aliphatic rings. The van der Waals surface area contributed by atoms with E-state index < -0.39 is 47.3 Å². The predicted molar refractivity (Wildman–Crippen MR) is 160 cm³/mol. The molecule has 1 aliphatic heterocycles. The zero-order valence-corrected chi connectivity index (χ0v) is 27.3. The van der Waals surface area contributed by atoms with Gasteiger partial charge >= 0.3 is 5.97 Å². The molecule has 1 saturated heterocycles. The summed E-state index contributed by atoms with van der Waals surface area (Å²) >= 11 is 0. The second-order valence-electron chi connectivity index (χ2n) is 13.8. The first-order chi connectivity index (χ1) is 18.3. The van der Waals surface area contributed by atoms with Crippen LogP contribution in [0.4, 0.5) is 0 Å². The van der Waals surface area contributed by atoms with Gasteiger partial charge in [-0.3, -0.25) is 9.59 Å². The van der Waals surface area contributed by atoms with Gasteiger partial charge in [-0.25, -0.2) is 0 Å². The molecule has 0 aromatic heterocycles. The van der Waals surface area contributed by atoms with Crippen molar-refractivity contribution in [2.75, 3.05) is 39.8 Å². The third kappa shape index (κ3) is 9.46. The van der Waals surface area contributed by atoms with E-state index in [9.17, 15) is 19.8 Å². The zero-order valence-electron chi connectivity index (χ0n) is 27.3. The number of ketones is 1. The van der Waals surface area contributed by atoms with Crippen molar-refractivity contribution in [3.05, 3.63) is 0 Å². The van der Waals surface area contributed by atoms with Crippen LogP contribution < -0.4 is 11.1 Å². The predicted octanol–water partition coefficient (Wildman–Crippen LogP) is 3.00. The van der Waals surface area contributed by atoms with Gasteiger partial charge in [-0.05, 0) is 78.4 Å². The molecule has 0 spiro atoms. The SMILES string of the molecule is CC[C@H]1OC(=O)[C@H](C)C(=O)C(C)[C@@H](C(C)(C)C)[C@](C)(OCCNCCCN)C[C@@H](C)CN(C)[C@H](C)[C@@H](O)[C@]1(C)O. The summed E-state index contributed by atoms with van der Waals surface area (Å²) in [5.41, 5.74) is 2.94. The lowest BCUT2D eigenvalue weighted by atomic mass is 9.61. The van der Waals surface area contributed by atoms with E-state index >= 15 is 0 Å². The number of hydrogen-bond donors (Lipinski definition) is 4. The largest absolute Gasteiger partial charge is 0.459 e. The van der Waals surface area contributed by atoms with Crippen LogP contribution in [0.25, 0.3) is 0 Å². The number of nitrogens with zero attached hydrogens (tertiary/aromatic N) is 1. The van der Waals surface area contributed by atoms with Gasteiger partial charge in [0.2, 0.25) is 0 Å². The zero-order chi connectivity index (χ0) is 31.1. The van der Waals surface area contributed by atoms with Crippen molar-refractivity contribution >= 4 is 11.8 Å². The van der Waals surface area contributed by atoms with Crippen LogP contribution in [0.5, 0.6) is 0 Å². The third-order valence-corrected chi connectivity index (χ3v) is 8.97. The lowest BCUT2D eigenvalue weighted by Gasteiger charge is -2.49. The Hall–Kier alpha value is -1.10. The number of rotatable bonds is 8. The van der Waals surface area contributed by atoms with Gasteiger partial charge in [0.1, 0.15) is 29.5 Å². The van der Waals surface area contributed by atoms with Gasteiger partial charge in [0.05, 0.1) is 12.2 Å². The smallest absolute Gasteiger partial charge is 0.316 e. The van der Waals surface area contributed by atoms with Crippen LogP contribution in [-0.4, -0.2) is 96.2 Å². The summed E-state index contributed by atoms with van der Waals surface area (Å²) in [6.07, 6.45) is -0.273. The Kier molecular flexibility index (Phi) is 14.2. The Labute approximate surface area is 243 Å². The van der Waals surface area contributed by atoms with Crippen molar-refractivity contribution in [2.45, 2.75) is 118 Å².